The summed E-state index contributed by atoms with van der Waals surface area (Å²) in [4.78, 5) is 0. The van der Waals surface area contributed by atoms with Gasteiger partial charge in [0.2, 0.25) is 0 Å². The SMILES string of the molecule is C[SH](CCN)[SH](I)CCN. The van der Waals surface area contributed by atoms with Crippen LogP contribution in [0.25, 0.3) is 0 Å². The third kappa shape index (κ3) is 5.06. The second-order valence-corrected chi connectivity index (χ2v) is 14.2. The van der Waals surface area contributed by atoms with Gasteiger partial charge >= 0.3 is 0 Å². The van der Waals surface area contributed by atoms with Gasteiger partial charge in [0.15, 0.2) is 0 Å². The predicted molar refractivity (Wildman–Crippen MR) is 65.8 cm³/mol. The molecule has 0 fully saturated rings. The summed E-state index contributed by atoms with van der Waals surface area (Å²) in [6.07, 6.45) is 2.33. The van der Waals surface area contributed by atoms with Crippen LogP contribution in [0.3, 0.4) is 0 Å². The van der Waals surface area contributed by atoms with Crippen LogP contribution in [0.5, 0.6) is 0 Å². The Morgan fingerprint density at radius 2 is 1.70 bits per heavy atom. The minimum atomic E-state index is 0.182. The molecule has 0 amide bonds. The first kappa shape index (κ1) is 11.4. The van der Waals surface area contributed by atoms with E-state index in [1.54, 1.807) is 0 Å². The van der Waals surface area contributed by atoms with Gasteiger partial charge in [0.05, 0.1) is 0 Å². The van der Waals surface area contributed by atoms with Gasteiger partial charge in [-0.05, 0) is 33.2 Å². The minimum Gasteiger partial charge on any atom is -0.330 e. The van der Waals surface area contributed by atoms with E-state index in [9.17, 15) is 0 Å². The normalized spacial score (nSPS) is 20.4. The van der Waals surface area contributed by atoms with Crippen LogP contribution >= 0.6 is 38.2 Å². The van der Waals surface area contributed by atoms with Crippen molar-refractivity contribution in [1.82, 2.24) is 0 Å². The molecular formula is C5H17IN2S2. The van der Waals surface area contributed by atoms with Crippen molar-refractivity contribution in [3.63, 3.8) is 0 Å². The van der Waals surface area contributed by atoms with Crippen LogP contribution in [0.4, 0.5) is 0 Å². The van der Waals surface area contributed by atoms with Gasteiger partial charge in [-0.1, -0.05) is 0 Å². The van der Waals surface area contributed by atoms with E-state index in [0.29, 0.717) is 0 Å². The van der Waals surface area contributed by atoms with E-state index in [2.05, 4.69) is 27.5 Å². The molecule has 5 heteroatoms. The highest BCUT2D eigenvalue weighted by Gasteiger charge is 2.02. The first-order chi connectivity index (χ1) is 4.72. The molecule has 0 saturated heterocycles. The van der Waals surface area contributed by atoms with Crippen LogP contribution in [0.1, 0.15) is 0 Å². The zero-order valence-corrected chi connectivity index (χ0v) is 10.2. The summed E-state index contributed by atoms with van der Waals surface area (Å²) < 4.78 is 0. The van der Waals surface area contributed by atoms with Crippen LogP contribution in [0.15, 0.2) is 0 Å². The monoisotopic (exact) mass is 296 g/mol. The summed E-state index contributed by atoms with van der Waals surface area (Å²) in [5, 5.41) is 0. The number of nitrogens with two attached hydrogens (primary N) is 2. The Balaban J connectivity index is 3.38. The molecule has 0 aromatic carbocycles. The van der Waals surface area contributed by atoms with E-state index in [-0.39, 0.29) is 17.0 Å². The van der Waals surface area contributed by atoms with Gasteiger partial charge in [0, 0.05) is 18.8 Å². The highest BCUT2D eigenvalue weighted by molar-refractivity contribution is 14.2. The number of hydrogen-bond donors (Lipinski definition) is 4. The lowest BCUT2D eigenvalue weighted by molar-refractivity contribution is 1.15. The van der Waals surface area contributed by atoms with Crippen molar-refractivity contribution in [2.75, 3.05) is 30.9 Å². The van der Waals surface area contributed by atoms with Gasteiger partial charge < -0.3 is 11.5 Å². The smallest absolute Gasteiger partial charge is 0.00259 e. The van der Waals surface area contributed by atoms with E-state index in [0.717, 1.165) is 13.1 Å². The van der Waals surface area contributed by atoms with Gasteiger partial charge in [-0.25, -0.2) is 9.93 Å². The van der Waals surface area contributed by atoms with E-state index in [1.165, 1.54) is 11.5 Å². The van der Waals surface area contributed by atoms with Crippen molar-refractivity contribution in [2.45, 2.75) is 0 Å². The van der Waals surface area contributed by atoms with Crippen molar-refractivity contribution in [2.24, 2.45) is 11.5 Å². The highest BCUT2D eigenvalue weighted by Crippen LogP contribution is 2.56. The average molecular weight is 296 g/mol. The van der Waals surface area contributed by atoms with Crippen LogP contribution in [-0.4, -0.2) is 30.9 Å². The van der Waals surface area contributed by atoms with Gasteiger partial charge in [0.25, 0.3) is 0 Å². The quantitative estimate of drug-likeness (QED) is 0.345. The number of thiol groups is 2. The molecule has 10 heavy (non-hydrogen) atoms. The van der Waals surface area contributed by atoms with Crippen LogP contribution < -0.4 is 11.5 Å². The van der Waals surface area contributed by atoms with Gasteiger partial charge in [0.1, 0.15) is 0 Å². The Morgan fingerprint density at radius 1 is 1.20 bits per heavy atom. The molecule has 4 N–H and O–H groups in total. The molecule has 66 valence electrons. The number of rotatable bonds is 5. The Hall–Kier alpha value is 1.35. The summed E-state index contributed by atoms with van der Waals surface area (Å²) in [6, 6.07) is 0. The molecule has 0 aliphatic carbocycles. The molecule has 0 radical (unpaired) electrons. The predicted octanol–water partition coefficient (Wildman–Crippen LogP) is 0.801. The highest BCUT2D eigenvalue weighted by atomic mass is 127. The molecule has 0 aliphatic rings. The zero-order valence-electron chi connectivity index (χ0n) is 6.26. The fourth-order valence-electron chi connectivity index (χ4n) is 0.573. The second kappa shape index (κ2) is 7.02. The van der Waals surface area contributed by atoms with Crippen LogP contribution in [0.2, 0.25) is 0 Å². The fourth-order valence-corrected chi connectivity index (χ4v) is 6.86. The maximum atomic E-state index is 5.46. The molecule has 0 rings (SSSR count). The topological polar surface area (TPSA) is 52.0 Å². The Labute approximate surface area is 80.2 Å². The molecule has 2 atom stereocenters. The Kier molecular flexibility index (Phi) is 7.97. The molecule has 0 aromatic heterocycles. The lowest BCUT2D eigenvalue weighted by Gasteiger charge is -2.24. The third-order valence-corrected chi connectivity index (χ3v) is 14.9. The summed E-state index contributed by atoms with van der Waals surface area (Å²) in [7, 11) is 0.381. The molecule has 0 saturated carbocycles. The molecule has 0 spiro atoms. The molecule has 0 bridgehead atoms. The molecule has 2 nitrogen and oxygen atoms in total. The molecule has 0 aromatic rings. The molecule has 0 aliphatic heterocycles. The van der Waals surface area contributed by atoms with Crippen LogP contribution in [-0.2, 0) is 0 Å². The Morgan fingerprint density at radius 3 is 2.10 bits per heavy atom. The van der Waals surface area contributed by atoms with Gasteiger partial charge in [-0.3, -0.25) is 0 Å². The Bertz CT molecular complexity index is 74.0. The maximum Gasteiger partial charge on any atom is 0.00259 e. The first-order valence-corrected chi connectivity index (χ1v) is 10.3. The summed E-state index contributed by atoms with van der Waals surface area (Å²) in [5.74, 6) is 2.42. The molecule has 0 heterocycles. The van der Waals surface area contributed by atoms with Gasteiger partial charge in [-0.2, -0.15) is 7.10 Å². The minimum absolute atomic E-state index is 0.182. The van der Waals surface area contributed by atoms with Crippen molar-refractivity contribution in [1.29, 1.82) is 0 Å². The fraction of sp³-hybridized carbons (Fsp3) is 1.00. The number of halogens is 1. The lowest BCUT2D eigenvalue weighted by Crippen LogP contribution is -2.07. The van der Waals surface area contributed by atoms with Crippen molar-refractivity contribution < 1.29 is 0 Å². The lowest BCUT2D eigenvalue weighted by atomic mass is 10.8. The third-order valence-electron chi connectivity index (χ3n) is 1.14. The molecular weight excluding hydrogens is 279 g/mol. The zero-order chi connectivity index (χ0) is 7.98. The van der Waals surface area contributed by atoms with Gasteiger partial charge in [-0.15, -0.1) is 0 Å². The standard InChI is InChI=1S/C5H17IN2S2/c1-9(4-2-7)10(6)5-3-8/h9-10H,2-5,7-8H2,1H3. The average Bonchev–Trinajstić information content (AvgIpc) is 1.89. The summed E-state index contributed by atoms with van der Waals surface area (Å²) in [5.41, 5.74) is 10.9. The van der Waals surface area contributed by atoms with Crippen LogP contribution in [0, 0.1) is 0 Å². The van der Waals surface area contributed by atoms with E-state index < -0.39 is 0 Å². The van der Waals surface area contributed by atoms with Crippen molar-refractivity contribution in [3.05, 3.63) is 0 Å². The molecule has 2 unspecified atom stereocenters. The first-order valence-electron chi connectivity index (χ1n) is 3.27. The summed E-state index contributed by atoms with van der Waals surface area (Å²) >= 11 is 2.55. The van der Waals surface area contributed by atoms with Crippen molar-refractivity contribution in [3.8, 4) is 0 Å². The second-order valence-electron chi connectivity index (χ2n) is 2.02. The van der Waals surface area contributed by atoms with E-state index >= 15 is 0 Å². The van der Waals surface area contributed by atoms with Crippen molar-refractivity contribution >= 4 is 38.2 Å². The van der Waals surface area contributed by atoms with E-state index in [4.69, 9.17) is 11.5 Å². The number of hydrogen-bond acceptors (Lipinski definition) is 2. The largest absolute Gasteiger partial charge is 0.330 e. The summed E-state index contributed by atoms with van der Waals surface area (Å²) in [6.45, 7) is 1.68. The maximum absolute atomic E-state index is 5.46. The van der Waals surface area contributed by atoms with E-state index in [1.807, 2.05) is 0 Å².